The van der Waals surface area contributed by atoms with Crippen molar-refractivity contribution in [3.05, 3.63) is 0 Å². The Morgan fingerprint density at radius 2 is 1.74 bits per heavy atom. The van der Waals surface area contributed by atoms with E-state index in [-0.39, 0.29) is 59.2 Å². The van der Waals surface area contributed by atoms with E-state index in [1.165, 1.54) is 0 Å². The van der Waals surface area contributed by atoms with Gasteiger partial charge >= 0.3 is 0 Å². The number of nitrogens with one attached hydrogen (secondary N) is 1. The van der Waals surface area contributed by atoms with Gasteiger partial charge in [-0.2, -0.15) is 8.42 Å². The molecule has 43 heavy (non-hydrogen) atoms. The number of hydrogen-bond donors (Lipinski definition) is 6. The molecule has 4 rings (SSSR count). The van der Waals surface area contributed by atoms with Gasteiger partial charge in [-0.05, 0) is 97.7 Å². The summed E-state index contributed by atoms with van der Waals surface area (Å²) in [4.78, 5) is 12.7. The van der Waals surface area contributed by atoms with Crippen LogP contribution in [0.25, 0.3) is 0 Å². The van der Waals surface area contributed by atoms with Crippen molar-refractivity contribution in [2.45, 2.75) is 109 Å². The third-order valence-corrected chi connectivity index (χ3v) is 13.5. The quantitative estimate of drug-likeness (QED) is 0.108. The number of aliphatic hydroxyl groups excluding tert-OH is 4. The highest BCUT2D eigenvalue weighted by molar-refractivity contribution is 7.85. The van der Waals surface area contributed by atoms with E-state index in [1.807, 2.05) is 14.1 Å². The lowest BCUT2D eigenvalue weighted by atomic mass is 9.43. The van der Waals surface area contributed by atoms with Gasteiger partial charge in [-0.3, -0.25) is 9.35 Å². The second-order valence-electron chi connectivity index (χ2n) is 16.0. The fraction of sp³-hybridized carbons (Fsp3) is 0.969. The zero-order chi connectivity index (χ0) is 32.0. The molecule has 10 nitrogen and oxygen atoms in total. The van der Waals surface area contributed by atoms with E-state index < -0.39 is 28.1 Å². The van der Waals surface area contributed by atoms with Crippen LogP contribution in [0.5, 0.6) is 0 Å². The molecule has 0 aromatic rings. The molecule has 6 N–H and O–H groups in total. The van der Waals surface area contributed by atoms with Gasteiger partial charge in [0.25, 0.3) is 10.1 Å². The van der Waals surface area contributed by atoms with Gasteiger partial charge in [0, 0.05) is 19.4 Å². The molecule has 12 atom stereocenters. The highest BCUT2D eigenvalue weighted by Gasteiger charge is 2.65. The molecule has 0 spiro atoms. The largest absolute Gasteiger partial charge is 0.393 e. The number of amides is 1. The van der Waals surface area contributed by atoms with Crippen molar-refractivity contribution in [3.63, 3.8) is 0 Å². The van der Waals surface area contributed by atoms with Crippen molar-refractivity contribution < 1.29 is 42.7 Å². The zero-order valence-corrected chi connectivity index (χ0v) is 27.8. The molecule has 0 aromatic heterocycles. The summed E-state index contributed by atoms with van der Waals surface area (Å²) in [5, 5.41) is 46.5. The SMILES string of the molecule is CC(CCC(=O)NCCC[N+](C)(C)CC(O)CS(=O)(=O)O)C1CCC2C3C(C[C@H](O)C12C)C1(C)CC[C@@H](O)C[C@H]1C[C@H]3O. The molecule has 4 aliphatic carbocycles. The lowest BCUT2D eigenvalue weighted by Crippen LogP contribution is -2.62. The van der Waals surface area contributed by atoms with Crippen LogP contribution in [0.15, 0.2) is 0 Å². The van der Waals surface area contributed by atoms with Gasteiger partial charge in [-0.1, -0.05) is 20.8 Å². The molecule has 0 aliphatic heterocycles. The smallest absolute Gasteiger partial charge is 0.267 e. The Labute approximate surface area is 259 Å². The number of likely N-dealkylation sites (N-methyl/N-ethyl adjacent to an activating group) is 1. The van der Waals surface area contributed by atoms with Crippen LogP contribution >= 0.6 is 0 Å². The second-order valence-corrected chi connectivity index (χ2v) is 17.5. The van der Waals surface area contributed by atoms with Crippen LogP contribution in [-0.2, 0) is 14.9 Å². The van der Waals surface area contributed by atoms with Crippen molar-refractivity contribution >= 4 is 16.0 Å². The summed E-state index contributed by atoms with van der Waals surface area (Å²) in [5.74, 6) is 0.890. The Bertz CT molecular complexity index is 1090. The molecule has 0 heterocycles. The minimum absolute atomic E-state index is 0.00585. The van der Waals surface area contributed by atoms with E-state index in [0.29, 0.717) is 48.7 Å². The number of nitrogens with zero attached hydrogens (tertiary/aromatic N) is 1. The van der Waals surface area contributed by atoms with Crippen LogP contribution in [-0.4, -0.2) is 108 Å². The van der Waals surface area contributed by atoms with Crippen LogP contribution in [0, 0.1) is 46.3 Å². The first-order valence-electron chi connectivity index (χ1n) is 16.6. The maximum Gasteiger partial charge on any atom is 0.267 e. The van der Waals surface area contributed by atoms with Crippen LogP contribution < -0.4 is 5.32 Å². The van der Waals surface area contributed by atoms with Crippen LogP contribution in [0.2, 0.25) is 0 Å². The summed E-state index contributed by atoms with van der Waals surface area (Å²) >= 11 is 0. The van der Waals surface area contributed by atoms with Gasteiger partial charge in [0.15, 0.2) is 0 Å². The predicted molar refractivity (Wildman–Crippen MR) is 164 cm³/mol. The summed E-state index contributed by atoms with van der Waals surface area (Å²) in [6.07, 6.45) is 5.56. The highest BCUT2D eigenvalue weighted by Crippen LogP contribution is 2.68. The molecule has 4 saturated carbocycles. The maximum absolute atomic E-state index is 12.7. The number of rotatable bonds is 12. The van der Waals surface area contributed by atoms with Gasteiger partial charge in [0.05, 0.1) is 39.0 Å². The topological polar surface area (TPSA) is 164 Å². The third kappa shape index (κ3) is 7.60. The van der Waals surface area contributed by atoms with Crippen LogP contribution in [0.3, 0.4) is 0 Å². The average Bonchev–Trinajstić information content (AvgIpc) is 3.24. The van der Waals surface area contributed by atoms with E-state index in [1.54, 1.807) is 0 Å². The number of aliphatic hydroxyl groups is 4. The summed E-state index contributed by atoms with van der Waals surface area (Å²) in [6, 6.07) is 0. The minimum atomic E-state index is -4.23. The second kappa shape index (κ2) is 13.1. The van der Waals surface area contributed by atoms with Gasteiger partial charge in [-0.25, -0.2) is 0 Å². The number of hydrogen-bond acceptors (Lipinski definition) is 7. The molecule has 0 saturated heterocycles. The number of carbonyl (C=O) groups excluding carboxylic acids is 1. The van der Waals surface area contributed by atoms with E-state index in [0.717, 1.165) is 44.9 Å². The standard InChI is InChI=1S/C32H58N2O8S/c1-20(7-10-29(39)33-13-6-14-34(4,5)18-23(36)19-43(40,41)42)24-8-9-25-30-26(17-28(38)32(24,25)3)31(2)12-11-22(35)15-21(31)16-27(30)37/h20-28,30,35-38H,6-19H2,1-5H3,(H-,33,39,40,41,42)/p+1/t20?,21-,22+,23?,24?,25?,26?,27+,28-,30?,31?,32?/m0/s1. The van der Waals surface area contributed by atoms with E-state index in [9.17, 15) is 33.6 Å². The van der Waals surface area contributed by atoms with Gasteiger partial charge in [0.1, 0.15) is 18.4 Å². The fourth-order valence-electron chi connectivity index (χ4n) is 10.5. The highest BCUT2D eigenvalue weighted by atomic mass is 32.2. The molecule has 4 aliphatic rings. The van der Waals surface area contributed by atoms with E-state index in [4.69, 9.17) is 4.55 Å². The fourth-order valence-corrected chi connectivity index (χ4v) is 11.1. The zero-order valence-electron chi connectivity index (χ0n) is 27.0. The molecule has 4 fully saturated rings. The van der Waals surface area contributed by atoms with E-state index >= 15 is 0 Å². The van der Waals surface area contributed by atoms with Crippen molar-refractivity contribution in [1.29, 1.82) is 0 Å². The van der Waals surface area contributed by atoms with Crippen molar-refractivity contribution in [3.8, 4) is 0 Å². The predicted octanol–water partition coefficient (Wildman–Crippen LogP) is 2.20. The molecule has 11 heteroatoms. The molecule has 0 aromatic carbocycles. The molecule has 0 bridgehead atoms. The monoisotopic (exact) mass is 631 g/mol. The molecule has 250 valence electrons. The van der Waals surface area contributed by atoms with Gasteiger partial charge in [0.2, 0.25) is 5.91 Å². The Kier molecular flexibility index (Phi) is 10.7. The summed E-state index contributed by atoms with van der Waals surface area (Å²) in [7, 11) is -0.484. The first-order chi connectivity index (χ1) is 19.9. The number of fused-ring (bicyclic) bond motifs is 5. The van der Waals surface area contributed by atoms with Crippen molar-refractivity contribution in [1.82, 2.24) is 5.32 Å². The maximum atomic E-state index is 12.7. The average molecular weight is 632 g/mol. The molecular formula is C32H59N2O8S+. The summed E-state index contributed by atoms with van der Waals surface area (Å²) in [5.41, 5.74) is -0.222. The molecular weight excluding hydrogens is 572 g/mol. The Hall–Kier alpha value is -0.820. The normalized spacial score (nSPS) is 41.1. The third-order valence-electron chi connectivity index (χ3n) is 12.7. The minimum Gasteiger partial charge on any atom is -0.393 e. The van der Waals surface area contributed by atoms with Crippen LogP contribution in [0.4, 0.5) is 0 Å². The lowest BCUT2D eigenvalue weighted by molar-refractivity contribution is -0.893. The van der Waals surface area contributed by atoms with Gasteiger partial charge in [-0.15, -0.1) is 0 Å². The molecule has 0 radical (unpaired) electrons. The van der Waals surface area contributed by atoms with Crippen LogP contribution in [0.1, 0.15) is 85.0 Å². The Balaban J connectivity index is 1.27. The van der Waals surface area contributed by atoms with Crippen molar-refractivity contribution in [2.75, 3.05) is 39.5 Å². The summed E-state index contributed by atoms with van der Waals surface area (Å²) in [6.45, 7) is 8.10. The van der Waals surface area contributed by atoms with E-state index in [2.05, 4.69) is 26.1 Å². The van der Waals surface area contributed by atoms with Gasteiger partial charge < -0.3 is 30.2 Å². The summed E-state index contributed by atoms with van der Waals surface area (Å²) < 4.78 is 31.3. The first-order valence-corrected chi connectivity index (χ1v) is 18.2. The number of carbonyl (C=O) groups is 1. The first kappa shape index (κ1) is 35.0. The Morgan fingerprint density at radius 3 is 2.42 bits per heavy atom. The van der Waals surface area contributed by atoms with Crippen molar-refractivity contribution in [2.24, 2.45) is 46.3 Å². The molecule has 1 amide bonds. The lowest BCUT2D eigenvalue weighted by Gasteiger charge is -2.63. The Morgan fingerprint density at radius 1 is 1.05 bits per heavy atom. The number of quaternary nitrogens is 1. The molecule has 8 unspecified atom stereocenters.